The zero-order chi connectivity index (χ0) is 12.8. The third-order valence-electron chi connectivity index (χ3n) is 4.19. The Balaban J connectivity index is 2.16. The summed E-state index contributed by atoms with van der Waals surface area (Å²) in [5.41, 5.74) is 2.83. The molecular weight excluding hydrogens is 228 g/mol. The molecule has 2 heterocycles. The van der Waals surface area contributed by atoms with E-state index in [-0.39, 0.29) is 11.3 Å². The van der Waals surface area contributed by atoms with Crippen molar-refractivity contribution in [3.05, 3.63) is 23.3 Å². The van der Waals surface area contributed by atoms with Crippen molar-refractivity contribution in [1.82, 2.24) is 5.32 Å². The van der Waals surface area contributed by atoms with Crippen molar-refractivity contribution in [2.75, 3.05) is 25.5 Å². The van der Waals surface area contributed by atoms with Crippen LogP contribution in [0.2, 0.25) is 0 Å². The topological polar surface area (TPSA) is 50.4 Å². The van der Waals surface area contributed by atoms with E-state index in [1.807, 2.05) is 19.1 Å². The van der Waals surface area contributed by atoms with Gasteiger partial charge in [0.05, 0.1) is 12.5 Å². The standard InChI is InChI=1S/C14H18N2O2/c1-9-7-10(18-2)8-11-12(9)16-13(17)14(11)3-5-15-6-4-14/h7-8,15H,3-6H2,1-2H3,(H,16,17). The van der Waals surface area contributed by atoms with Gasteiger partial charge in [0.1, 0.15) is 5.75 Å². The van der Waals surface area contributed by atoms with E-state index < -0.39 is 0 Å². The number of amides is 1. The zero-order valence-electron chi connectivity index (χ0n) is 10.8. The van der Waals surface area contributed by atoms with Crippen molar-refractivity contribution >= 4 is 11.6 Å². The highest BCUT2D eigenvalue weighted by atomic mass is 16.5. The summed E-state index contributed by atoms with van der Waals surface area (Å²) >= 11 is 0. The van der Waals surface area contributed by atoms with Gasteiger partial charge < -0.3 is 15.4 Å². The van der Waals surface area contributed by atoms with Crippen LogP contribution in [-0.4, -0.2) is 26.1 Å². The zero-order valence-corrected chi connectivity index (χ0v) is 10.8. The fourth-order valence-electron chi connectivity index (χ4n) is 3.12. The molecule has 1 amide bonds. The average molecular weight is 246 g/mol. The molecule has 0 bridgehead atoms. The summed E-state index contributed by atoms with van der Waals surface area (Å²) < 4.78 is 5.33. The van der Waals surface area contributed by atoms with Crippen molar-refractivity contribution in [3.63, 3.8) is 0 Å². The summed E-state index contributed by atoms with van der Waals surface area (Å²) in [6.45, 7) is 3.80. The number of methoxy groups -OCH3 is 1. The van der Waals surface area contributed by atoms with Gasteiger partial charge >= 0.3 is 0 Å². The second-order valence-electron chi connectivity index (χ2n) is 5.15. The van der Waals surface area contributed by atoms with Crippen LogP contribution >= 0.6 is 0 Å². The minimum atomic E-state index is -0.347. The van der Waals surface area contributed by atoms with E-state index in [0.717, 1.165) is 48.5 Å². The van der Waals surface area contributed by atoms with E-state index >= 15 is 0 Å². The lowest BCUT2D eigenvalue weighted by Gasteiger charge is -2.32. The van der Waals surface area contributed by atoms with Crippen LogP contribution in [0.1, 0.15) is 24.0 Å². The first-order chi connectivity index (χ1) is 8.67. The second kappa shape index (κ2) is 3.99. The number of hydrogen-bond acceptors (Lipinski definition) is 3. The highest BCUT2D eigenvalue weighted by Crippen LogP contribution is 2.46. The molecule has 0 radical (unpaired) electrons. The van der Waals surface area contributed by atoms with Gasteiger partial charge in [-0.1, -0.05) is 0 Å². The Bertz CT molecular complexity index is 505. The second-order valence-corrected chi connectivity index (χ2v) is 5.15. The molecule has 2 aliphatic heterocycles. The minimum Gasteiger partial charge on any atom is -0.497 e. The third-order valence-corrected chi connectivity index (χ3v) is 4.19. The van der Waals surface area contributed by atoms with Gasteiger partial charge in [-0.05, 0) is 56.1 Å². The number of carbonyl (C=O) groups is 1. The molecule has 2 N–H and O–H groups in total. The minimum absolute atomic E-state index is 0.148. The van der Waals surface area contributed by atoms with Crippen LogP contribution in [0.3, 0.4) is 0 Å². The Labute approximate surface area is 107 Å². The summed E-state index contributed by atoms with van der Waals surface area (Å²) in [6.07, 6.45) is 1.72. The van der Waals surface area contributed by atoms with E-state index in [1.165, 1.54) is 0 Å². The van der Waals surface area contributed by atoms with Gasteiger partial charge in [-0.3, -0.25) is 4.79 Å². The Hall–Kier alpha value is -1.55. The Morgan fingerprint density at radius 1 is 1.28 bits per heavy atom. The number of hydrogen-bond donors (Lipinski definition) is 2. The summed E-state index contributed by atoms with van der Waals surface area (Å²) in [7, 11) is 1.67. The molecule has 4 nitrogen and oxygen atoms in total. The molecule has 0 atom stereocenters. The third kappa shape index (κ3) is 1.45. The van der Waals surface area contributed by atoms with Crippen LogP contribution in [0.5, 0.6) is 5.75 Å². The molecule has 0 unspecified atom stereocenters. The number of ether oxygens (including phenoxy) is 1. The van der Waals surface area contributed by atoms with Crippen LogP contribution < -0.4 is 15.4 Å². The van der Waals surface area contributed by atoms with E-state index in [9.17, 15) is 4.79 Å². The maximum atomic E-state index is 12.4. The summed E-state index contributed by atoms with van der Waals surface area (Å²) in [5, 5.41) is 6.37. The van der Waals surface area contributed by atoms with Gasteiger partial charge in [-0.25, -0.2) is 0 Å². The van der Waals surface area contributed by atoms with Crippen molar-refractivity contribution < 1.29 is 9.53 Å². The Morgan fingerprint density at radius 3 is 2.67 bits per heavy atom. The molecule has 2 aliphatic rings. The van der Waals surface area contributed by atoms with Gasteiger partial charge in [0, 0.05) is 5.69 Å². The first-order valence-electron chi connectivity index (χ1n) is 6.39. The molecule has 96 valence electrons. The molecule has 0 aliphatic carbocycles. The van der Waals surface area contributed by atoms with Gasteiger partial charge in [-0.15, -0.1) is 0 Å². The Kier molecular flexibility index (Phi) is 2.55. The fraction of sp³-hybridized carbons (Fsp3) is 0.500. The van der Waals surface area contributed by atoms with Crippen molar-refractivity contribution in [2.24, 2.45) is 0 Å². The predicted octanol–water partition coefficient (Wildman–Crippen LogP) is 1.58. The molecular formula is C14H18N2O2. The summed E-state index contributed by atoms with van der Waals surface area (Å²) in [4.78, 5) is 12.4. The van der Waals surface area contributed by atoms with Gasteiger partial charge in [0.2, 0.25) is 5.91 Å². The molecule has 0 saturated carbocycles. The van der Waals surface area contributed by atoms with E-state index in [1.54, 1.807) is 7.11 Å². The lowest BCUT2D eigenvalue weighted by Crippen LogP contribution is -2.44. The SMILES string of the molecule is COc1cc(C)c2c(c1)C1(CCNCC1)C(=O)N2. The lowest BCUT2D eigenvalue weighted by molar-refractivity contribution is -0.121. The molecule has 3 rings (SSSR count). The predicted molar refractivity (Wildman–Crippen MR) is 70.1 cm³/mol. The highest BCUT2D eigenvalue weighted by molar-refractivity contribution is 6.07. The molecule has 0 aromatic heterocycles. The summed E-state index contributed by atoms with van der Waals surface area (Å²) in [5.74, 6) is 0.982. The van der Waals surface area contributed by atoms with Crippen LogP contribution in [0.15, 0.2) is 12.1 Å². The fourth-order valence-corrected chi connectivity index (χ4v) is 3.12. The number of benzene rings is 1. The van der Waals surface area contributed by atoms with E-state index in [2.05, 4.69) is 10.6 Å². The molecule has 18 heavy (non-hydrogen) atoms. The first-order valence-corrected chi connectivity index (χ1v) is 6.39. The van der Waals surface area contributed by atoms with Gasteiger partial charge in [0.15, 0.2) is 0 Å². The van der Waals surface area contributed by atoms with Crippen molar-refractivity contribution in [2.45, 2.75) is 25.2 Å². The van der Waals surface area contributed by atoms with Crippen molar-refractivity contribution in [1.29, 1.82) is 0 Å². The monoisotopic (exact) mass is 246 g/mol. The largest absolute Gasteiger partial charge is 0.497 e. The molecule has 1 fully saturated rings. The number of rotatable bonds is 1. The van der Waals surface area contributed by atoms with Gasteiger partial charge in [-0.2, -0.15) is 0 Å². The molecule has 1 saturated heterocycles. The van der Waals surface area contributed by atoms with Crippen LogP contribution in [0.25, 0.3) is 0 Å². The Morgan fingerprint density at radius 2 is 2.00 bits per heavy atom. The van der Waals surface area contributed by atoms with Crippen LogP contribution in [0, 0.1) is 6.92 Å². The number of aryl methyl sites for hydroxylation is 1. The number of carbonyl (C=O) groups excluding carboxylic acids is 1. The lowest BCUT2D eigenvalue weighted by atomic mass is 9.74. The first kappa shape index (κ1) is 11.5. The maximum absolute atomic E-state index is 12.4. The maximum Gasteiger partial charge on any atom is 0.235 e. The molecule has 1 aromatic rings. The summed E-state index contributed by atoms with van der Waals surface area (Å²) in [6, 6.07) is 3.99. The molecule has 4 heteroatoms. The molecule has 1 spiro atoms. The van der Waals surface area contributed by atoms with Crippen LogP contribution in [0.4, 0.5) is 5.69 Å². The number of anilines is 1. The normalized spacial score (nSPS) is 20.7. The molecule has 1 aromatic carbocycles. The van der Waals surface area contributed by atoms with E-state index in [0.29, 0.717) is 0 Å². The highest BCUT2D eigenvalue weighted by Gasteiger charge is 2.47. The number of nitrogens with one attached hydrogen (secondary N) is 2. The van der Waals surface area contributed by atoms with E-state index in [4.69, 9.17) is 4.74 Å². The van der Waals surface area contributed by atoms with Crippen molar-refractivity contribution in [3.8, 4) is 5.75 Å². The van der Waals surface area contributed by atoms with Crippen LogP contribution in [-0.2, 0) is 10.2 Å². The number of piperidine rings is 1. The van der Waals surface area contributed by atoms with Gasteiger partial charge in [0.25, 0.3) is 0 Å². The number of fused-ring (bicyclic) bond motifs is 2. The quantitative estimate of drug-likeness (QED) is 0.791. The average Bonchev–Trinajstić information content (AvgIpc) is 2.65. The smallest absolute Gasteiger partial charge is 0.235 e.